The Labute approximate surface area is 120 Å². The normalized spacial score (nSPS) is 17.4. The summed E-state index contributed by atoms with van der Waals surface area (Å²) in [6.07, 6.45) is 15.8. The van der Waals surface area contributed by atoms with Gasteiger partial charge in [-0.15, -0.1) is 0 Å². The second kappa shape index (κ2) is 12.9. The average Bonchev–Trinajstić information content (AvgIpc) is 2.42. The minimum Gasteiger partial charge on any atom is -0.303 e. The number of halogens is 1. The summed E-state index contributed by atoms with van der Waals surface area (Å²) in [5.41, 5.74) is 0. The number of piperidine rings is 1. The van der Waals surface area contributed by atoms with Gasteiger partial charge in [-0.05, 0) is 44.8 Å². The summed E-state index contributed by atoms with van der Waals surface area (Å²) >= 11 is 0. The Balaban J connectivity index is 0.00000324. The Bertz CT molecular complexity index is 176. The highest BCUT2D eigenvalue weighted by molar-refractivity contribution is 4.72. The van der Waals surface area contributed by atoms with E-state index in [1.807, 2.05) is 0 Å². The van der Waals surface area contributed by atoms with Crippen LogP contribution in [0.5, 0.6) is 0 Å². The van der Waals surface area contributed by atoms with Crippen molar-refractivity contribution in [2.24, 2.45) is 5.92 Å². The predicted octanol–water partition coefficient (Wildman–Crippen LogP) is 5.40. The number of unbranched alkanes of at least 4 members (excludes halogenated alkanes) is 6. The largest absolute Gasteiger partial charge is 0.303 e. The predicted molar refractivity (Wildman–Crippen MR) is 84.6 cm³/mol. The van der Waals surface area contributed by atoms with Crippen molar-refractivity contribution in [2.75, 3.05) is 19.6 Å². The van der Waals surface area contributed by atoms with Gasteiger partial charge in [0.15, 0.2) is 0 Å². The molecule has 19 heavy (non-hydrogen) atoms. The lowest BCUT2D eigenvalue weighted by Crippen LogP contribution is -2.34. The molecule has 0 bridgehead atoms. The first-order chi connectivity index (χ1) is 8.86. The summed E-state index contributed by atoms with van der Waals surface area (Å²) in [6.45, 7) is 8.73. The maximum atomic E-state index is 2.71. The lowest BCUT2D eigenvalue weighted by atomic mass is 9.91. The fourth-order valence-corrected chi connectivity index (χ4v) is 3.11. The molecule has 0 aromatic rings. The van der Waals surface area contributed by atoms with Gasteiger partial charge >= 0.3 is 0 Å². The van der Waals surface area contributed by atoms with Gasteiger partial charge in [0.1, 0.15) is 0 Å². The zero-order chi connectivity index (χ0) is 13.1. The Hall–Kier alpha value is -0.110. The summed E-state index contributed by atoms with van der Waals surface area (Å²) in [4.78, 5) is 2.71. The molecule has 2 heteroatoms. The number of hydrogen-bond donors (Lipinski definition) is 0. The van der Waals surface area contributed by atoms with Gasteiger partial charge in [-0.3, -0.25) is 4.70 Å². The first-order valence-corrected chi connectivity index (χ1v) is 8.59. The first-order valence-electron chi connectivity index (χ1n) is 8.59. The van der Waals surface area contributed by atoms with Crippen LogP contribution < -0.4 is 0 Å². The fraction of sp³-hybridized carbons (Fsp3) is 1.00. The van der Waals surface area contributed by atoms with E-state index in [0.29, 0.717) is 0 Å². The standard InChI is InChI=1S/C17H35N.FH/c1-3-5-7-8-9-10-14-18-15-12-17(13-16-18)11-6-4-2;/h17H,3-16H2,1-2H3;1H. The summed E-state index contributed by atoms with van der Waals surface area (Å²) in [7, 11) is 0. The fourth-order valence-electron chi connectivity index (χ4n) is 3.11. The second-order valence-corrected chi connectivity index (χ2v) is 6.20. The molecule has 0 N–H and O–H groups in total. The van der Waals surface area contributed by atoms with Crippen molar-refractivity contribution in [3.05, 3.63) is 0 Å². The van der Waals surface area contributed by atoms with Crippen LogP contribution in [-0.2, 0) is 0 Å². The molecule has 1 rings (SSSR count). The number of rotatable bonds is 10. The third-order valence-corrected chi connectivity index (χ3v) is 4.50. The molecule has 0 saturated carbocycles. The average molecular weight is 273 g/mol. The van der Waals surface area contributed by atoms with Gasteiger partial charge in [-0.1, -0.05) is 65.2 Å². The summed E-state index contributed by atoms with van der Waals surface area (Å²) in [5, 5.41) is 0. The Morgan fingerprint density at radius 2 is 1.37 bits per heavy atom. The maximum absolute atomic E-state index is 2.71. The van der Waals surface area contributed by atoms with E-state index in [-0.39, 0.29) is 4.70 Å². The van der Waals surface area contributed by atoms with E-state index >= 15 is 0 Å². The zero-order valence-corrected chi connectivity index (χ0v) is 13.3. The highest BCUT2D eigenvalue weighted by Crippen LogP contribution is 2.22. The van der Waals surface area contributed by atoms with Gasteiger partial charge < -0.3 is 4.90 Å². The van der Waals surface area contributed by atoms with E-state index in [9.17, 15) is 0 Å². The van der Waals surface area contributed by atoms with Gasteiger partial charge in [-0.25, -0.2) is 0 Å². The summed E-state index contributed by atoms with van der Waals surface area (Å²) in [5.74, 6) is 1.05. The second-order valence-electron chi connectivity index (χ2n) is 6.20. The van der Waals surface area contributed by atoms with E-state index in [1.54, 1.807) is 0 Å². The van der Waals surface area contributed by atoms with Gasteiger partial charge in [0.2, 0.25) is 0 Å². The van der Waals surface area contributed by atoms with Gasteiger partial charge in [0.25, 0.3) is 0 Å². The molecule has 1 saturated heterocycles. The highest BCUT2D eigenvalue weighted by Gasteiger charge is 2.17. The molecule has 1 heterocycles. The van der Waals surface area contributed by atoms with E-state index < -0.39 is 0 Å². The molecule has 0 spiro atoms. The lowest BCUT2D eigenvalue weighted by molar-refractivity contribution is 0.174. The van der Waals surface area contributed by atoms with Crippen LogP contribution in [0.3, 0.4) is 0 Å². The van der Waals surface area contributed by atoms with E-state index in [1.165, 1.54) is 90.3 Å². The zero-order valence-electron chi connectivity index (χ0n) is 13.3. The van der Waals surface area contributed by atoms with Crippen molar-refractivity contribution in [1.29, 1.82) is 0 Å². The van der Waals surface area contributed by atoms with Crippen LogP contribution in [0.4, 0.5) is 4.70 Å². The van der Waals surface area contributed by atoms with E-state index in [4.69, 9.17) is 0 Å². The molecule has 116 valence electrons. The van der Waals surface area contributed by atoms with Crippen molar-refractivity contribution in [1.82, 2.24) is 4.90 Å². The quantitative estimate of drug-likeness (QED) is 0.482. The molecule has 0 atom stereocenters. The minimum absolute atomic E-state index is 0. The molecule has 0 amide bonds. The monoisotopic (exact) mass is 273 g/mol. The van der Waals surface area contributed by atoms with Gasteiger partial charge in [0.05, 0.1) is 0 Å². The smallest absolute Gasteiger partial charge is 0.00161 e. The van der Waals surface area contributed by atoms with Crippen LogP contribution in [0.25, 0.3) is 0 Å². The van der Waals surface area contributed by atoms with Gasteiger partial charge in [-0.2, -0.15) is 0 Å². The van der Waals surface area contributed by atoms with E-state index in [2.05, 4.69) is 18.7 Å². The van der Waals surface area contributed by atoms with Crippen molar-refractivity contribution >= 4 is 0 Å². The lowest BCUT2D eigenvalue weighted by Gasteiger charge is -2.32. The van der Waals surface area contributed by atoms with Crippen molar-refractivity contribution in [2.45, 2.75) is 84.5 Å². The third kappa shape index (κ3) is 9.43. The molecule has 1 aliphatic heterocycles. The third-order valence-electron chi connectivity index (χ3n) is 4.50. The summed E-state index contributed by atoms with van der Waals surface area (Å²) in [6, 6.07) is 0. The number of nitrogens with zero attached hydrogens (tertiary/aromatic N) is 1. The molecular weight excluding hydrogens is 237 g/mol. The molecule has 0 radical (unpaired) electrons. The minimum atomic E-state index is 0. The molecular formula is C17H36FN. The van der Waals surface area contributed by atoms with Crippen molar-refractivity contribution in [3.8, 4) is 0 Å². The van der Waals surface area contributed by atoms with E-state index in [0.717, 1.165) is 5.92 Å². The Kier molecular flexibility index (Phi) is 12.8. The topological polar surface area (TPSA) is 3.24 Å². The SMILES string of the molecule is CCCCCCCCN1CCC(CCCC)CC1.F. The molecule has 0 aromatic heterocycles. The maximum Gasteiger partial charge on any atom is -0.00161 e. The van der Waals surface area contributed by atoms with Gasteiger partial charge in [0, 0.05) is 0 Å². The molecule has 0 unspecified atom stereocenters. The molecule has 0 aromatic carbocycles. The van der Waals surface area contributed by atoms with Crippen LogP contribution in [0.15, 0.2) is 0 Å². The van der Waals surface area contributed by atoms with Crippen LogP contribution in [0.1, 0.15) is 84.5 Å². The molecule has 1 nitrogen and oxygen atoms in total. The molecule has 0 aliphatic carbocycles. The van der Waals surface area contributed by atoms with Crippen LogP contribution >= 0.6 is 0 Å². The molecule has 1 aliphatic rings. The number of likely N-dealkylation sites (tertiary alicyclic amines) is 1. The number of hydrogen-bond acceptors (Lipinski definition) is 1. The first kappa shape index (κ1) is 18.9. The van der Waals surface area contributed by atoms with Crippen LogP contribution in [0.2, 0.25) is 0 Å². The van der Waals surface area contributed by atoms with Crippen LogP contribution in [-0.4, -0.2) is 24.5 Å². The van der Waals surface area contributed by atoms with Crippen LogP contribution in [0, 0.1) is 5.92 Å². The molecule has 1 fully saturated rings. The Morgan fingerprint density at radius 3 is 2.00 bits per heavy atom. The van der Waals surface area contributed by atoms with Crippen molar-refractivity contribution in [3.63, 3.8) is 0 Å². The highest BCUT2D eigenvalue weighted by atomic mass is 19.0. The van der Waals surface area contributed by atoms with Crippen molar-refractivity contribution < 1.29 is 4.70 Å². The Morgan fingerprint density at radius 1 is 0.789 bits per heavy atom. The summed E-state index contributed by atoms with van der Waals surface area (Å²) < 4.78 is 0.